The van der Waals surface area contributed by atoms with Gasteiger partial charge in [-0.3, -0.25) is 9.59 Å². The third-order valence-corrected chi connectivity index (χ3v) is 9.33. The lowest BCUT2D eigenvalue weighted by Gasteiger charge is -2.33. The average molecular weight is 664 g/mol. The maximum Gasteiger partial charge on any atom is 0.408 e. The number of rotatable bonds is 9. The first-order valence-corrected chi connectivity index (χ1v) is 15.3. The predicted octanol–water partition coefficient (Wildman–Crippen LogP) is 4.20. The fourth-order valence-corrected chi connectivity index (χ4v) is 6.60. The van der Waals surface area contributed by atoms with E-state index in [0.29, 0.717) is 17.1 Å². The summed E-state index contributed by atoms with van der Waals surface area (Å²) in [6.07, 6.45) is -1.20. The third-order valence-electron chi connectivity index (χ3n) is 9.33. The van der Waals surface area contributed by atoms with E-state index < -0.39 is 47.8 Å². The third kappa shape index (κ3) is 6.28. The second kappa shape index (κ2) is 11.3. The Bertz CT molecular complexity index is 1810. The van der Waals surface area contributed by atoms with Crippen LogP contribution in [0.5, 0.6) is 0 Å². The average Bonchev–Trinajstić information content (AvgIpc) is 3.29. The molecule has 1 aliphatic heterocycles. The first-order valence-electron chi connectivity index (χ1n) is 15.3. The highest BCUT2D eigenvalue weighted by Crippen LogP contribution is 2.44. The molecule has 47 heavy (non-hydrogen) atoms. The van der Waals surface area contributed by atoms with E-state index in [-0.39, 0.29) is 73.2 Å². The number of hydrogen-bond acceptors (Lipinski definition) is 10. The number of carbonyl (C=O) groups is 2. The van der Waals surface area contributed by atoms with E-state index in [2.05, 4.69) is 45.8 Å². The van der Waals surface area contributed by atoms with Gasteiger partial charge in [0.25, 0.3) is 5.91 Å². The topological polar surface area (TPSA) is 166 Å². The molecule has 0 spiro atoms. The summed E-state index contributed by atoms with van der Waals surface area (Å²) in [6.45, 7) is 1.54. The van der Waals surface area contributed by atoms with Gasteiger partial charge in [-0.2, -0.15) is 23.3 Å². The minimum atomic E-state index is -4.66. The van der Waals surface area contributed by atoms with Crippen LogP contribution in [0.4, 0.5) is 22.0 Å². The van der Waals surface area contributed by atoms with Gasteiger partial charge in [0.15, 0.2) is 17.2 Å². The molecule has 2 amide bonds. The van der Waals surface area contributed by atoms with Crippen LogP contribution >= 0.6 is 0 Å². The Morgan fingerprint density at radius 1 is 1.13 bits per heavy atom. The van der Waals surface area contributed by atoms with Gasteiger partial charge in [0, 0.05) is 25.2 Å². The van der Waals surface area contributed by atoms with Gasteiger partial charge in [-0.15, -0.1) is 0 Å². The Labute approximate surface area is 263 Å². The molecule has 2 aliphatic carbocycles. The molecule has 13 nitrogen and oxygen atoms in total. The van der Waals surface area contributed by atoms with Crippen LogP contribution in [0.1, 0.15) is 96.1 Å². The zero-order chi connectivity index (χ0) is 33.1. The summed E-state index contributed by atoms with van der Waals surface area (Å²) in [7, 11) is 0. The van der Waals surface area contributed by atoms with Gasteiger partial charge >= 0.3 is 6.18 Å². The number of nitrogens with zero attached hydrogens (tertiary/aromatic N) is 7. The van der Waals surface area contributed by atoms with Crippen LogP contribution in [-0.4, -0.2) is 65.0 Å². The summed E-state index contributed by atoms with van der Waals surface area (Å²) in [5.41, 5.74) is -0.289. The van der Waals surface area contributed by atoms with Crippen molar-refractivity contribution in [2.75, 3.05) is 0 Å². The van der Waals surface area contributed by atoms with E-state index in [4.69, 9.17) is 4.52 Å². The molecule has 0 unspecified atom stereocenters. The molecular formula is C29H30F5N9O4. The van der Waals surface area contributed by atoms with Crippen molar-refractivity contribution in [2.24, 2.45) is 11.3 Å². The smallest absolute Gasteiger partial charge is 0.344 e. The van der Waals surface area contributed by atoms with Crippen LogP contribution < -0.4 is 10.6 Å². The van der Waals surface area contributed by atoms with Crippen molar-refractivity contribution >= 4 is 17.5 Å². The standard InChI is InChI=1S/C29H30F5N9O4/c1-14-22(42-47-40-14)24(44)39-23(16-4-6-28(30,31)7-5-16)18-13-43-21(36-18)8-15(12-35-43)9-27(10-19(29(32,33)34)37-26(27)45)11-20-38-25(46-41-20)17-2-3-17/h8,12-13,16-17,19,23H,2-7,9-11H2,1H3,(H,37,45)(H,39,44)/t19-,23-,27-/m0/s1. The molecule has 2 saturated carbocycles. The summed E-state index contributed by atoms with van der Waals surface area (Å²) in [4.78, 5) is 35.4. The predicted molar refractivity (Wildman–Crippen MR) is 148 cm³/mol. The van der Waals surface area contributed by atoms with Crippen LogP contribution in [0.3, 0.4) is 0 Å². The highest BCUT2D eigenvalue weighted by atomic mass is 19.4. The Morgan fingerprint density at radius 3 is 2.55 bits per heavy atom. The molecule has 7 rings (SSSR count). The van der Waals surface area contributed by atoms with E-state index in [0.717, 1.165) is 12.8 Å². The van der Waals surface area contributed by atoms with Crippen molar-refractivity contribution in [1.82, 2.24) is 45.7 Å². The molecule has 18 heteroatoms. The van der Waals surface area contributed by atoms with Crippen molar-refractivity contribution in [3.8, 4) is 0 Å². The number of imidazole rings is 1. The number of nitrogens with one attached hydrogen (secondary N) is 2. The molecule has 2 N–H and O–H groups in total. The summed E-state index contributed by atoms with van der Waals surface area (Å²) >= 11 is 0. The molecule has 1 saturated heterocycles. The van der Waals surface area contributed by atoms with Gasteiger partial charge in [0.1, 0.15) is 11.7 Å². The van der Waals surface area contributed by atoms with Gasteiger partial charge in [-0.1, -0.05) is 10.3 Å². The quantitative estimate of drug-likeness (QED) is 0.248. The van der Waals surface area contributed by atoms with Gasteiger partial charge in [-0.25, -0.2) is 22.9 Å². The number of aryl methyl sites for hydroxylation is 1. The Balaban J connectivity index is 1.18. The van der Waals surface area contributed by atoms with E-state index in [1.165, 1.54) is 17.6 Å². The van der Waals surface area contributed by atoms with E-state index in [1.54, 1.807) is 12.3 Å². The summed E-state index contributed by atoms with van der Waals surface area (Å²) < 4.78 is 80.8. The fourth-order valence-electron chi connectivity index (χ4n) is 6.60. The number of alkyl halides is 5. The summed E-state index contributed by atoms with van der Waals surface area (Å²) in [6, 6.07) is -1.24. The van der Waals surface area contributed by atoms with Crippen LogP contribution in [0, 0.1) is 18.3 Å². The van der Waals surface area contributed by atoms with Crippen LogP contribution in [0.2, 0.25) is 0 Å². The number of hydrogen-bond donors (Lipinski definition) is 2. The first-order chi connectivity index (χ1) is 22.3. The number of fused-ring (bicyclic) bond motifs is 1. The molecule has 250 valence electrons. The summed E-state index contributed by atoms with van der Waals surface area (Å²) in [5.74, 6) is -3.90. The van der Waals surface area contributed by atoms with E-state index in [9.17, 15) is 31.5 Å². The van der Waals surface area contributed by atoms with Crippen molar-refractivity contribution in [3.63, 3.8) is 0 Å². The zero-order valence-electron chi connectivity index (χ0n) is 25.1. The SMILES string of the molecule is Cc1nonc1C(=O)N[C@H](c1cn2ncc(C[C@@]3(Cc4noc(C5CC5)n4)C[C@@H](C(F)(F)F)NC3=O)cc2n1)C1CCC(F)(F)CC1. The van der Waals surface area contributed by atoms with E-state index >= 15 is 0 Å². The van der Waals surface area contributed by atoms with Crippen molar-refractivity contribution < 1.29 is 40.7 Å². The normalized spacial score (nSPS) is 24.0. The highest BCUT2D eigenvalue weighted by Gasteiger charge is 2.56. The van der Waals surface area contributed by atoms with E-state index in [1.807, 2.05) is 0 Å². The molecule has 0 bridgehead atoms. The van der Waals surface area contributed by atoms with Gasteiger partial charge < -0.3 is 15.2 Å². The van der Waals surface area contributed by atoms with Crippen molar-refractivity contribution in [3.05, 3.63) is 52.8 Å². The molecule has 0 aromatic carbocycles. The van der Waals surface area contributed by atoms with Crippen molar-refractivity contribution in [1.29, 1.82) is 0 Å². The molecule has 3 atom stereocenters. The molecular weight excluding hydrogens is 633 g/mol. The second-order valence-corrected chi connectivity index (χ2v) is 12.9. The Hall–Kier alpha value is -4.51. The number of halogens is 5. The van der Waals surface area contributed by atoms with Gasteiger partial charge in [0.2, 0.25) is 17.7 Å². The number of carbonyl (C=O) groups excluding carboxylic acids is 2. The lowest BCUT2D eigenvalue weighted by molar-refractivity contribution is -0.155. The Morgan fingerprint density at radius 2 is 1.89 bits per heavy atom. The molecule has 3 aliphatic rings. The number of aromatic nitrogens is 7. The molecule has 4 aromatic rings. The van der Waals surface area contributed by atoms with Crippen molar-refractivity contribution in [2.45, 2.75) is 94.8 Å². The monoisotopic (exact) mass is 663 g/mol. The van der Waals surface area contributed by atoms with Crippen LogP contribution in [-0.2, 0) is 17.6 Å². The molecule has 0 radical (unpaired) electrons. The zero-order valence-corrected chi connectivity index (χ0v) is 25.1. The van der Waals surface area contributed by atoms with Gasteiger partial charge in [0.05, 0.1) is 29.5 Å². The molecule has 5 heterocycles. The molecule has 4 aromatic heterocycles. The number of amides is 2. The molecule has 3 fully saturated rings. The summed E-state index contributed by atoms with van der Waals surface area (Å²) in [5, 5.41) is 20.5. The fraction of sp³-hybridized carbons (Fsp3) is 0.586. The Kier molecular flexibility index (Phi) is 7.50. The first kappa shape index (κ1) is 31.1. The second-order valence-electron chi connectivity index (χ2n) is 12.9. The maximum atomic E-state index is 14.0. The van der Waals surface area contributed by atoms with Crippen LogP contribution in [0.15, 0.2) is 27.6 Å². The van der Waals surface area contributed by atoms with Gasteiger partial charge in [-0.05, 0) is 68.2 Å². The van der Waals surface area contributed by atoms with Crippen LogP contribution in [0.25, 0.3) is 5.65 Å². The lowest BCUT2D eigenvalue weighted by atomic mass is 9.76. The minimum absolute atomic E-state index is 0.0523. The highest BCUT2D eigenvalue weighted by molar-refractivity contribution is 5.93. The maximum absolute atomic E-state index is 14.0. The largest absolute Gasteiger partial charge is 0.408 e. The lowest BCUT2D eigenvalue weighted by Crippen LogP contribution is -2.39. The minimum Gasteiger partial charge on any atom is -0.344 e.